The zero-order valence-corrected chi connectivity index (χ0v) is 15.1. The van der Waals surface area contributed by atoms with Gasteiger partial charge in [-0.15, -0.1) is 10.2 Å². The predicted octanol–water partition coefficient (Wildman–Crippen LogP) is 1.21. The Morgan fingerprint density at radius 1 is 1.24 bits per heavy atom. The predicted molar refractivity (Wildman–Crippen MR) is 93.2 cm³/mol. The number of hydrogen-bond donors (Lipinski definition) is 2. The van der Waals surface area contributed by atoms with Crippen LogP contribution in [0.15, 0.2) is 22.5 Å². The molecule has 0 bridgehead atoms. The highest BCUT2D eigenvalue weighted by Gasteiger charge is 2.25. The van der Waals surface area contributed by atoms with E-state index in [9.17, 15) is 18.0 Å². The molecule has 1 aromatic heterocycles. The maximum Gasteiger partial charge on any atom is 0.291 e. The molecule has 0 atom stereocenters. The molecule has 3 rings (SSSR count). The average Bonchev–Trinajstić information content (AvgIpc) is 3.12. The van der Waals surface area contributed by atoms with Crippen LogP contribution in [0.1, 0.15) is 19.4 Å². The number of fused-ring (bicyclic) bond motifs is 1. The van der Waals surface area contributed by atoms with E-state index in [0.29, 0.717) is 17.9 Å². The number of hydrogen-bond acceptors (Lipinski definition) is 7. The smallest absolute Gasteiger partial charge is 0.291 e. The highest BCUT2D eigenvalue weighted by molar-refractivity contribution is 7.94. The largest absolute Gasteiger partial charge is 0.312 e. The maximum atomic E-state index is 12.4. The number of aromatic nitrogens is 2. The molecule has 1 aliphatic heterocycles. The summed E-state index contributed by atoms with van der Waals surface area (Å²) in [4.78, 5) is 24.2. The van der Waals surface area contributed by atoms with Crippen LogP contribution in [0.5, 0.6) is 0 Å². The van der Waals surface area contributed by atoms with Gasteiger partial charge in [-0.1, -0.05) is 17.4 Å². The summed E-state index contributed by atoms with van der Waals surface area (Å²) in [6, 6.07) is 5.05. The summed E-state index contributed by atoms with van der Waals surface area (Å²) < 4.78 is 27.0. The summed E-state index contributed by atoms with van der Waals surface area (Å²) in [6.45, 7) is 3.34. The summed E-state index contributed by atoms with van der Waals surface area (Å²) in [6.07, 6.45) is 0.735. The van der Waals surface area contributed by atoms with Gasteiger partial charge in [0.25, 0.3) is 14.4 Å². The van der Waals surface area contributed by atoms with Crippen LogP contribution in [0, 0.1) is 0 Å². The first-order valence-corrected chi connectivity index (χ1v) is 9.61. The number of amides is 2. The highest BCUT2D eigenvalue weighted by atomic mass is 32.2. The standard InChI is InChI=1S/C14H15N5O4S2/c1-8(20)15-13-16-17-14(24-13)25(22,23)18-11-4-3-10-5-6-19(9(2)21)12(10)7-11/h3-4,7,18H,5-6H2,1-2H3,(H,15,16,20). The number of benzene rings is 1. The summed E-state index contributed by atoms with van der Waals surface area (Å²) in [5, 5.41) is 9.70. The molecule has 0 fully saturated rings. The fourth-order valence-electron chi connectivity index (χ4n) is 2.49. The lowest BCUT2D eigenvalue weighted by Crippen LogP contribution is -2.25. The molecule has 2 amide bonds. The second-order valence-corrected chi connectivity index (χ2v) is 8.26. The van der Waals surface area contributed by atoms with Crippen LogP contribution in [-0.4, -0.2) is 37.0 Å². The average molecular weight is 381 g/mol. The minimum atomic E-state index is -3.94. The van der Waals surface area contributed by atoms with Gasteiger partial charge in [0.1, 0.15) is 0 Å². The number of rotatable bonds is 4. The molecule has 0 saturated heterocycles. The molecular weight excluding hydrogens is 366 g/mol. The molecule has 132 valence electrons. The molecule has 25 heavy (non-hydrogen) atoms. The summed E-state index contributed by atoms with van der Waals surface area (Å²) in [5.41, 5.74) is 2.01. The van der Waals surface area contributed by atoms with Crippen molar-refractivity contribution >= 4 is 49.7 Å². The Balaban J connectivity index is 1.84. The fourth-order valence-corrected chi connectivity index (χ4v) is 4.49. The second-order valence-electron chi connectivity index (χ2n) is 5.42. The Morgan fingerprint density at radius 3 is 2.68 bits per heavy atom. The van der Waals surface area contributed by atoms with Gasteiger partial charge in [-0.3, -0.25) is 14.3 Å². The zero-order valence-electron chi connectivity index (χ0n) is 13.4. The van der Waals surface area contributed by atoms with Crippen LogP contribution in [0.25, 0.3) is 0 Å². The van der Waals surface area contributed by atoms with E-state index in [-0.39, 0.29) is 21.3 Å². The normalized spacial score (nSPS) is 13.4. The topological polar surface area (TPSA) is 121 Å². The third kappa shape index (κ3) is 3.61. The Morgan fingerprint density at radius 2 is 2.00 bits per heavy atom. The quantitative estimate of drug-likeness (QED) is 0.768. The molecule has 9 nitrogen and oxygen atoms in total. The molecule has 2 heterocycles. The Bertz CT molecular complexity index is 954. The molecule has 0 unspecified atom stereocenters. The lowest BCUT2D eigenvalue weighted by atomic mass is 10.1. The van der Waals surface area contributed by atoms with Crippen LogP contribution in [-0.2, 0) is 26.0 Å². The molecular formula is C14H15N5O4S2. The molecule has 1 aliphatic rings. The van der Waals surface area contributed by atoms with E-state index in [4.69, 9.17) is 0 Å². The summed E-state index contributed by atoms with van der Waals surface area (Å²) in [5.74, 6) is -0.459. The van der Waals surface area contributed by atoms with Crippen LogP contribution in [0.2, 0.25) is 0 Å². The van der Waals surface area contributed by atoms with Crippen molar-refractivity contribution in [1.29, 1.82) is 0 Å². The maximum absolute atomic E-state index is 12.4. The highest BCUT2D eigenvalue weighted by Crippen LogP contribution is 2.32. The molecule has 0 spiro atoms. The van der Waals surface area contributed by atoms with Crippen LogP contribution >= 0.6 is 11.3 Å². The number of nitrogens with one attached hydrogen (secondary N) is 2. The van der Waals surface area contributed by atoms with Gasteiger partial charge >= 0.3 is 0 Å². The Labute approximate surface area is 148 Å². The number of nitrogens with zero attached hydrogens (tertiary/aromatic N) is 3. The fraction of sp³-hybridized carbons (Fsp3) is 0.286. The Hall–Kier alpha value is -2.53. The van der Waals surface area contributed by atoms with E-state index in [1.807, 2.05) is 0 Å². The molecule has 0 aliphatic carbocycles. The lowest BCUT2D eigenvalue weighted by molar-refractivity contribution is -0.116. The number of carbonyl (C=O) groups is 2. The van der Waals surface area contributed by atoms with Gasteiger partial charge in [-0.2, -0.15) is 8.42 Å². The number of carbonyl (C=O) groups excluding carboxylic acids is 2. The summed E-state index contributed by atoms with van der Waals surface area (Å²) >= 11 is 0.749. The van der Waals surface area contributed by atoms with E-state index in [1.165, 1.54) is 13.8 Å². The van der Waals surface area contributed by atoms with E-state index >= 15 is 0 Å². The van der Waals surface area contributed by atoms with Gasteiger partial charge in [0.05, 0.1) is 5.69 Å². The molecule has 0 saturated carbocycles. The third-order valence-electron chi connectivity index (χ3n) is 3.53. The molecule has 11 heteroatoms. The summed E-state index contributed by atoms with van der Waals surface area (Å²) in [7, 11) is -3.94. The lowest BCUT2D eigenvalue weighted by Gasteiger charge is -2.15. The second kappa shape index (κ2) is 6.41. The van der Waals surface area contributed by atoms with Crippen molar-refractivity contribution in [3.8, 4) is 0 Å². The van der Waals surface area contributed by atoms with Gasteiger partial charge in [0, 0.05) is 26.1 Å². The van der Waals surface area contributed by atoms with E-state index in [1.54, 1.807) is 23.1 Å². The van der Waals surface area contributed by atoms with E-state index < -0.39 is 10.0 Å². The first-order chi connectivity index (χ1) is 11.8. The van der Waals surface area contributed by atoms with Gasteiger partial charge in [0.2, 0.25) is 16.9 Å². The third-order valence-corrected chi connectivity index (χ3v) is 6.12. The van der Waals surface area contributed by atoms with Crippen molar-refractivity contribution in [3.63, 3.8) is 0 Å². The van der Waals surface area contributed by atoms with Crippen LogP contribution < -0.4 is 14.9 Å². The zero-order chi connectivity index (χ0) is 18.2. The van der Waals surface area contributed by atoms with Crippen molar-refractivity contribution in [2.45, 2.75) is 24.6 Å². The molecule has 0 radical (unpaired) electrons. The molecule has 2 N–H and O–H groups in total. The first-order valence-electron chi connectivity index (χ1n) is 7.31. The van der Waals surface area contributed by atoms with Crippen LogP contribution in [0.4, 0.5) is 16.5 Å². The molecule has 1 aromatic carbocycles. The number of sulfonamides is 1. The monoisotopic (exact) mass is 381 g/mol. The van der Waals surface area contributed by atoms with Gasteiger partial charge in [-0.05, 0) is 24.1 Å². The van der Waals surface area contributed by atoms with Gasteiger partial charge < -0.3 is 10.2 Å². The number of anilines is 3. The SMILES string of the molecule is CC(=O)Nc1nnc(S(=O)(=O)Nc2ccc3c(c2)N(C(C)=O)CC3)s1. The first kappa shape index (κ1) is 17.3. The van der Waals surface area contributed by atoms with E-state index in [2.05, 4.69) is 20.2 Å². The van der Waals surface area contributed by atoms with Crippen molar-refractivity contribution in [2.75, 3.05) is 21.5 Å². The Kier molecular flexibility index (Phi) is 4.43. The van der Waals surface area contributed by atoms with Crippen molar-refractivity contribution in [3.05, 3.63) is 23.8 Å². The molecule has 2 aromatic rings. The van der Waals surface area contributed by atoms with Gasteiger partial charge in [0.15, 0.2) is 0 Å². The van der Waals surface area contributed by atoms with Crippen molar-refractivity contribution in [2.24, 2.45) is 0 Å². The van der Waals surface area contributed by atoms with Crippen molar-refractivity contribution < 1.29 is 18.0 Å². The van der Waals surface area contributed by atoms with Crippen LogP contribution in [0.3, 0.4) is 0 Å². The van der Waals surface area contributed by atoms with Crippen molar-refractivity contribution in [1.82, 2.24) is 10.2 Å². The minimum Gasteiger partial charge on any atom is -0.312 e. The van der Waals surface area contributed by atoms with E-state index in [0.717, 1.165) is 23.3 Å². The van der Waals surface area contributed by atoms with Gasteiger partial charge in [-0.25, -0.2) is 0 Å². The minimum absolute atomic E-state index is 0.0946.